The van der Waals surface area contributed by atoms with E-state index in [1.807, 2.05) is 37.4 Å². The van der Waals surface area contributed by atoms with Gasteiger partial charge in [-0.1, -0.05) is 0 Å². The topological polar surface area (TPSA) is 29.5 Å². The SMILES string of the molecule is CC(C)(C)OC(=O)N1CCCC2SC21. The molecular formula is C10H17NO2S. The second kappa shape index (κ2) is 3.33. The van der Waals surface area contributed by atoms with Crippen LogP contribution in [0.25, 0.3) is 0 Å². The molecule has 0 radical (unpaired) electrons. The second-order valence-electron chi connectivity index (χ2n) is 4.88. The third kappa shape index (κ3) is 2.16. The molecule has 0 bridgehead atoms. The Balaban J connectivity index is 1.91. The van der Waals surface area contributed by atoms with Crippen LogP contribution < -0.4 is 0 Å². The van der Waals surface area contributed by atoms with Crippen molar-refractivity contribution in [2.45, 2.75) is 49.8 Å². The molecule has 2 unspecified atom stereocenters. The fourth-order valence-corrected chi connectivity index (χ4v) is 2.92. The summed E-state index contributed by atoms with van der Waals surface area (Å²) in [5.74, 6) is 0. The van der Waals surface area contributed by atoms with Crippen molar-refractivity contribution in [1.29, 1.82) is 0 Å². The Morgan fingerprint density at radius 2 is 2.21 bits per heavy atom. The van der Waals surface area contributed by atoms with E-state index >= 15 is 0 Å². The zero-order valence-corrected chi connectivity index (χ0v) is 9.76. The standard InChI is InChI=1S/C10H17NO2S/c1-10(2,3)13-9(12)11-6-4-5-7-8(11)14-7/h7-8H,4-6H2,1-3H3. The number of amides is 1. The molecule has 2 atom stereocenters. The summed E-state index contributed by atoms with van der Waals surface area (Å²) >= 11 is 1.89. The van der Waals surface area contributed by atoms with Gasteiger partial charge in [-0.05, 0) is 33.6 Å². The summed E-state index contributed by atoms with van der Waals surface area (Å²) in [6.45, 7) is 6.59. The fourth-order valence-electron chi connectivity index (χ4n) is 1.72. The molecule has 14 heavy (non-hydrogen) atoms. The lowest BCUT2D eigenvalue weighted by Crippen LogP contribution is -2.41. The van der Waals surface area contributed by atoms with E-state index in [2.05, 4.69) is 0 Å². The number of piperidine rings is 1. The number of ether oxygens (including phenoxy) is 1. The lowest BCUT2D eigenvalue weighted by molar-refractivity contribution is 0.0219. The van der Waals surface area contributed by atoms with Gasteiger partial charge < -0.3 is 4.74 Å². The quantitative estimate of drug-likeness (QED) is 0.581. The number of likely N-dealkylation sites (tertiary alicyclic amines) is 1. The zero-order chi connectivity index (χ0) is 10.3. The van der Waals surface area contributed by atoms with Crippen LogP contribution in [0.4, 0.5) is 4.79 Å². The lowest BCUT2D eigenvalue weighted by atomic mass is 10.1. The zero-order valence-electron chi connectivity index (χ0n) is 8.95. The molecule has 0 saturated carbocycles. The molecule has 2 aliphatic heterocycles. The van der Waals surface area contributed by atoms with Crippen molar-refractivity contribution < 1.29 is 9.53 Å². The maximum atomic E-state index is 11.7. The van der Waals surface area contributed by atoms with Crippen molar-refractivity contribution in [3.63, 3.8) is 0 Å². The maximum Gasteiger partial charge on any atom is 0.411 e. The average Bonchev–Trinajstić information content (AvgIpc) is 2.77. The summed E-state index contributed by atoms with van der Waals surface area (Å²) in [7, 11) is 0. The number of nitrogens with zero attached hydrogens (tertiary/aromatic N) is 1. The van der Waals surface area contributed by atoms with Gasteiger partial charge in [0.25, 0.3) is 0 Å². The van der Waals surface area contributed by atoms with Crippen LogP contribution >= 0.6 is 11.8 Å². The molecule has 2 aliphatic rings. The summed E-state index contributed by atoms with van der Waals surface area (Å²) < 4.78 is 5.35. The number of carbonyl (C=O) groups is 1. The van der Waals surface area contributed by atoms with Crippen LogP contribution in [-0.4, -0.2) is 33.8 Å². The second-order valence-corrected chi connectivity index (χ2v) is 6.24. The first-order chi connectivity index (χ1) is 6.47. The molecule has 2 fully saturated rings. The number of carbonyl (C=O) groups excluding carboxylic acids is 1. The summed E-state index contributed by atoms with van der Waals surface area (Å²) in [5, 5.41) is 1.11. The molecule has 0 aromatic rings. The normalized spacial score (nSPS) is 30.9. The Bertz CT molecular complexity index is 249. The third-order valence-corrected chi connectivity index (χ3v) is 3.77. The monoisotopic (exact) mass is 215 g/mol. The predicted octanol–water partition coefficient (Wildman–Crippen LogP) is 2.46. The molecule has 80 valence electrons. The van der Waals surface area contributed by atoms with E-state index in [9.17, 15) is 4.79 Å². The average molecular weight is 215 g/mol. The van der Waals surface area contributed by atoms with E-state index in [4.69, 9.17) is 4.74 Å². The number of thioether (sulfide) groups is 1. The highest BCUT2D eigenvalue weighted by atomic mass is 32.2. The molecule has 0 aromatic carbocycles. The van der Waals surface area contributed by atoms with Crippen LogP contribution in [0.2, 0.25) is 0 Å². The van der Waals surface area contributed by atoms with Crippen molar-refractivity contribution >= 4 is 17.9 Å². The highest BCUT2D eigenvalue weighted by molar-refractivity contribution is 8.07. The largest absolute Gasteiger partial charge is 0.444 e. The summed E-state index contributed by atoms with van der Waals surface area (Å²) in [4.78, 5) is 13.6. The molecule has 0 N–H and O–H groups in total. The van der Waals surface area contributed by atoms with Gasteiger partial charge in [0.1, 0.15) is 5.60 Å². The molecule has 3 nitrogen and oxygen atoms in total. The molecule has 0 aromatic heterocycles. The highest BCUT2D eigenvalue weighted by Gasteiger charge is 2.48. The van der Waals surface area contributed by atoms with Crippen molar-refractivity contribution in [2.75, 3.05) is 6.54 Å². The first-order valence-corrected chi connectivity index (χ1v) is 6.07. The number of rotatable bonds is 0. The number of hydrogen-bond donors (Lipinski definition) is 0. The van der Waals surface area contributed by atoms with Crippen LogP contribution in [0, 0.1) is 0 Å². The molecule has 2 saturated heterocycles. The van der Waals surface area contributed by atoms with Crippen LogP contribution in [-0.2, 0) is 4.74 Å². The maximum absolute atomic E-state index is 11.7. The Labute approximate surface area is 89.2 Å². The van der Waals surface area contributed by atoms with E-state index in [1.54, 1.807) is 0 Å². The van der Waals surface area contributed by atoms with Gasteiger partial charge in [-0.15, -0.1) is 11.8 Å². The van der Waals surface area contributed by atoms with Gasteiger partial charge in [0.2, 0.25) is 0 Å². The third-order valence-electron chi connectivity index (χ3n) is 2.38. The summed E-state index contributed by atoms with van der Waals surface area (Å²) in [5.41, 5.74) is -0.371. The molecule has 0 aliphatic carbocycles. The van der Waals surface area contributed by atoms with Gasteiger partial charge in [-0.3, -0.25) is 4.90 Å². The minimum absolute atomic E-state index is 0.141. The summed E-state index contributed by atoms with van der Waals surface area (Å²) in [6, 6.07) is 0. The Kier molecular flexibility index (Phi) is 2.41. The minimum Gasteiger partial charge on any atom is -0.444 e. The predicted molar refractivity (Wildman–Crippen MR) is 57.3 cm³/mol. The van der Waals surface area contributed by atoms with E-state index in [-0.39, 0.29) is 11.7 Å². The van der Waals surface area contributed by atoms with Crippen molar-refractivity contribution in [1.82, 2.24) is 4.90 Å². The Morgan fingerprint density at radius 3 is 2.86 bits per heavy atom. The van der Waals surface area contributed by atoms with Gasteiger partial charge in [-0.2, -0.15) is 0 Å². The van der Waals surface area contributed by atoms with Crippen molar-refractivity contribution in [3.05, 3.63) is 0 Å². The van der Waals surface area contributed by atoms with Crippen molar-refractivity contribution in [3.8, 4) is 0 Å². The van der Waals surface area contributed by atoms with E-state index in [0.717, 1.165) is 13.0 Å². The highest BCUT2D eigenvalue weighted by Crippen LogP contribution is 2.49. The first-order valence-electron chi connectivity index (χ1n) is 5.12. The molecule has 0 spiro atoms. The molecule has 2 heterocycles. The van der Waals surface area contributed by atoms with Crippen molar-refractivity contribution in [2.24, 2.45) is 0 Å². The lowest BCUT2D eigenvalue weighted by Gasteiger charge is -2.28. The van der Waals surface area contributed by atoms with Gasteiger partial charge in [0.05, 0.1) is 5.37 Å². The van der Waals surface area contributed by atoms with Gasteiger partial charge in [-0.25, -0.2) is 4.79 Å². The van der Waals surface area contributed by atoms with E-state index in [0.29, 0.717) is 10.6 Å². The molecule has 4 heteroatoms. The Morgan fingerprint density at radius 1 is 1.50 bits per heavy atom. The molecule has 1 amide bonds. The molecular weight excluding hydrogens is 198 g/mol. The smallest absolute Gasteiger partial charge is 0.411 e. The number of fused-ring (bicyclic) bond motifs is 1. The Hall–Kier alpha value is -0.380. The van der Waals surface area contributed by atoms with Crippen LogP contribution in [0.5, 0.6) is 0 Å². The minimum atomic E-state index is -0.371. The fraction of sp³-hybridized carbons (Fsp3) is 0.900. The molecule has 2 rings (SSSR count). The first kappa shape index (κ1) is 10.1. The van der Waals surface area contributed by atoms with Crippen LogP contribution in [0.1, 0.15) is 33.6 Å². The van der Waals surface area contributed by atoms with E-state index in [1.165, 1.54) is 6.42 Å². The van der Waals surface area contributed by atoms with Gasteiger partial charge >= 0.3 is 6.09 Å². The summed E-state index contributed by atoms with van der Waals surface area (Å²) in [6.07, 6.45) is 2.24. The number of hydrogen-bond acceptors (Lipinski definition) is 3. The van der Waals surface area contributed by atoms with E-state index < -0.39 is 0 Å². The van der Waals surface area contributed by atoms with Crippen LogP contribution in [0.3, 0.4) is 0 Å². The van der Waals surface area contributed by atoms with Crippen LogP contribution in [0.15, 0.2) is 0 Å². The van der Waals surface area contributed by atoms with Gasteiger partial charge in [0, 0.05) is 11.8 Å². The van der Waals surface area contributed by atoms with Gasteiger partial charge in [0.15, 0.2) is 0 Å².